The van der Waals surface area contributed by atoms with Crippen LogP contribution in [0.4, 0.5) is 22.0 Å². The molecule has 0 aliphatic rings. The number of benzene rings is 1. The monoisotopic (exact) mass is 520 g/mol. The van der Waals surface area contributed by atoms with Crippen LogP contribution in [0.15, 0.2) is 28.6 Å². The van der Waals surface area contributed by atoms with Crippen molar-refractivity contribution in [3.05, 3.63) is 51.5 Å². The number of rotatable bonds is 6. The van der Waals surface area contributed by atoms with Crippen molar-refractivity contribution in [2.75, 3.05) is 20.1 Å². The van der Waals surface area contributed by atoms with Crippen molar-refractivity contribution in [3.63, 3.8) is 0 Å². The number of thiazole rings is 1. The lowest BCUT2D eigenvalue weighted by Crippen LogP contribution is -2.39. The summed E-state index contributed by atoms with van der Waals surface area (Å²) < 4.78 is 63.8. The van der Waals surface area contributed by atoms with Gasteiger partial charge in [-0.1, -0.05) is 6.07 Å². The first kappa shape index (κ1) is 23.5. The third kappa shape index (κ3) is 7.56. The summed E-state index contributed by atoms with van der Waals surface area (Å²) in [7, 11) is 1.54. The minimum atomic E-state index is -4.44. The van der Waals surface area contributed by atoms with E-state index in [4.69, 9.17) is 0 Å². The van der Waals surface area contributed by atoms with Crippen LogP contribution in [-0.4, -0.2) is 31.1 Å². The Kier molecular flexibility index (Phi) is 9.36. The second-order valence-corrected chi connectivity index (χ2v) is 6.23. The first-order valence-electron chi connectivity index (χ1n) is 7.69. The lowest BCUT2D eigenvalue weighted by atomic mass is 10.1. The highest BCUT2D eigenvalue weighted by molar-refractivity contribution is 14.0. The van der Waals surface area contributed by atoms with Gasteiger partial charge in [0.2, 0.25) is 0 Å². The molecule has 0 atom stereocenters. The topological polar surface area (TPSA) is 49.3 Å². The molecule has 0 amide bonds. The maximum Gasteiger partial charge on any atom is 0.434 e. The Morgan fingerprint density at radius 3 is 2.37 bits per heavy atom. The van der Waals surface area contributed by atoms with Gasteiger partial charge in [0, 0.05) is 38.0 Å². The number of halogens is 6. The molecule has 27 heavy (non-hydrogen) atoms. The third-order valence-corrected chi connectivity index (χ3v) is 4.31. The molecule has 2 rings (SSSR count). The molecule has 0 fully saturated rings. The zero-order valence-corrected chi connectivity index (χ0v) is 17.4. The van der Waals surface area contributed by atoms with E-state index in [0.29, 0.717) is 42.5 Å². The van der Waals surface area contributed by atoms with Crippen LogP contribution in [0.3, 0.4) is 0 Å². The summed E-state index contributed by atoms with van der Waals surface area (Å²) in [5.41, 5.74) is -0.516. The summed E-state index contributed by atoms with van der Waals surface area (Å²) in [6.07, 6.45) is -3.79. The summed E-state index contributed by atoms with van der Waals surface area (Å²) in [5, 5.41) is 7.26. The van der Waals surface area contributed by atoms with E-state index in [1.807, 2.05) is 0 Å². The number of alkyl halides is 3. The second kappa shape index (κ2) is 10.7. The number of hydrogen-bond acceptors (Lipinski definition) is 3. The number of aromatic nitrogens is 1. The average molecular weight is 520 g/mol. The van der Waals surface area contributed by atoms with E-state index in [-0.39, 0.29) is 24.0 Å². The summed E-state index contributed by atoms with van der Waals surface area (Å²) in [4.78, 5) is 7.52. The predicted octanol–water partition coefficient (Wildman–Crippen LogP) is 4.01. The van der Waals surface area contributed by atoms with Crippen LogP contribution < -0.4 is 10.6 Å². The quantitative estimate of drug-likeness (QED) is 0.262. The third-order valence-electron chi connectivity index (χ3n) is 3.40. The van der Waals surface area contributed by atoms with Crippen molar-refractivity contribution < 1.29 is 22.0 Å². The maximum absolute atomic E-state index is 13.5. The highest BCUT2D eigenvalue weighted by atomic mass is 127. The summed E-state index contributed by atoms with van der Waals surface area (Å²) in [5.74, 6) is -0.813. The number of aliphatic imine (C=N–C) groups is 1. The molecule has 0 bridgehead atoms. The summed E-state index contributed by atoms with van der Waals surface area (Å²) in [6, 6.07) is 3.39. The van der Waals surface area contributed by atoms with Gasteiger partial charge in [0.15, 0.2) is 11.7 Å². The molecule has 0 saturated carbocycles. The van der Waals surface area contributed by atoms with Crippen LogP contribution in [0.25, 0.3) is 0 Å². The van der Waals surface area contributed by atoms with E-state index >= 15 is 0 Å². The lowest BCUT2D eigenvalue weighted by molar-refractivity contribution is -0.140. The van der Waals surface area contributed by atoms with Crippen LogP contribution in [0.5, 0.6) is 0 Å². The first-order chi connectivity index (χ1) is 12.3. The zero-order chi connectivity index (χ0) is 19.2. The molecule has 0 radical (unpaired) electrons. The van der Waals surface area contributed by atoms with E-state index in [9.17, 15) is 22.0 Å². The van der Waals surface area contributed by atoms with Gasteiger partial charge in [-0.2, -0.15) is 13.2 Å². The van der Waals surface area contributed by atoms with Crippen LogP contribution in [0.1, 0.15) is 16.3 Å². The van der Waals surface area contributed by atoms with Crippen molar-refractivity contribution in [3.8, 4) is 0 Å². The highest BCUT2D eigenvalue weighted by Gasteiger charge is 2.33. The molecule has 0 saturated heterocycles. The highest BCUT2D eigenvalue weighted by Crippen LogP contribution is 2.29. The van der Waals surface area contributed by atoms with Crippen molar-refractivity contribution in [2.24, 2.45) is 4.99 Å². The van der Waals surface area contributed by atoms with E-state index in [1.165, 1.54) is 12.1 Å². The molecular formula is C16H18F5IN4S. The minimum absolute atomic E-state index is 0. The molecule has 150 valence electrons. The minimum Gasteiger partial charge on any atom is -0.356 e. The summed E-state index contributed by atoms with van der Waals surface area (Å²) in [6.45, 7) is 0.701. The zero-order valence-electron chi connectivity index (χ0n) is 14.2. The Morgan fingerprint density at radius 1 is 1.15 bits per heavy atom. The van der Waals surface area contributed by atoms with Crippen molar-refractivity contribution in [2.45, 2.75) is 19.0 Å². The van der Waals surface area contributed by atoms with Gasteiger partial charge in [-0.05, 0) is 18.1 Å². The summed E-state index contributed by atoms with van der Waals surface area (Å²) >= 11 is 0.950. The molecule has 0 spiro atoms. The Balaban J connectivity index is 0.00000364. The maximum atomic E-state index is 13.5. The Hall–Kier alpha value is -1.50. The Bertz CT molecular complexity index is 764. The fourth-order valence-electron chi connectivity index (χ4n) is 2.10. The molecule has 2 N–H and O–H groups in total. The molecule has 11 heteroatoms. The Morgan fingerprint density at radius 2 is 1.81 bits per heavy atom. The molecule has 0 unspecified atom stereocenters. The van der Waals surface area contributed by atoms with Gasteiger partial charge in [0.05, 0.1) is 5.01 Å². The molecule has 1 aromatic carbocycles. The second-order valence-electron chi connectivity index (χ2n) is 5.29. The van der Waals surface area contributed by atoms with Crippen LogP contribution in [0, 0.1) is 11.6 Å². The fourth-order valence-corrected chi connectivity index (χ4v) is 2.91. The normalized spacial score (nSPS) is 11.9. The lowest BCUT2D eigenvalue weighted by Gasteiger charge is -2.11. The van der Waals surface area contributed by atoms with Gasteiger partial charge in [0.1, 0.15) is 11.6 Å². The standard InChI is InChI=1S/C16H17F5N4S.HI/c1-22-15(23-6-4-10-2-3-11(17)8-12(10)18)24-7-5-14-25-13(9-26-14)16(19,20)21;/h2-3,8-9H,4-7H2,1H3,(H2,22,23,24);1H. The molecule has 0 aliphatic heterocycles. The van der Waals surface area contributed by atoms with Gasteiger partial charge < -0.3 is 10.6 Å². The fraction of sp³-hybridized carbons (Fsp3) is 0.375. The van der Waals surface area contributed by atoms with Crippen LogP contribution in [0.2, 0.25) is 0 Å². The molecular weight excluding hydrogens is 502 g/mol. The number of nitrogens with one attached hydrogen (secondary N) is 2. The van der Waals surface area contributed by atoms with Crippen molar-refractivity contribution in [1.82, 2.24) is 15.6 Å². The van der Waals surface area contributed by atoms with Gasteiger partial charge in [0.25, 0.3) is 0 Å². The number of hydrogen-bond donors (Lipinski definition) is 2. The molecule has 4 nitrogen and oxygen atoms in total. The van der Waals surface area contributed by atoms with E-state index in [0.717, 1.165) is 22.8 Å². The molecule has 2 aromatic rings. The van der Waals surface area contributed by atoms with Crippen molar-refractivity contribution in [1.29, 1.82) is 0 Å². The Labute approximate surface area is 174 Å². The molecule has 1 heterocycles. The largest absolute Gasteiger partial charge is 0.434 e. The van der Waals surface area contributed by atoms with Crippen LogP contribution in [-0.2, 0) is 19.0 Å². The first-order valence-corrected chi connectivity index (χ1v) is 8.57. The molecule has 0 aliphatic carbocycles. The van der Waals surface area contributed by atoms with Crippen molar-refractivity contribution >= 4 is 41.3 Å². The smallest absolute Gasteiger partial charge is 0.356 e. The molecule has 1 aromatic heterocycles. The van der Waals surface area contributed by atoms with Gasteiger partial charge >= 0.3 is 6.18 Å². The van der Waals surface area contributed by atoms with Crippen LogP contribution >= 0.6 is 35.3 Å². The SMILES string of the molecule is CN=C(NCCc1nc(C(F)(F)F)cs1)NCCc1ccc(F)cc1F.I. The van der Waals surface area contributed by atoms with E-state index in [2.05, 4.69) is 20.6 Å². The number of guanidine groups is 1. The van der Waals surface area contributed by atoms with E-state index < -0.39 is 23.5 Å². The van der Waals surface area contributed by atoms with Gasteiger partial charge in [-0.3, -0.25) is 4.99 Å². The van der Waals surface area contributed by atoms with Gasteiger partial charge in [-0.15, -0.1) is 35.3 Å². The number of nitrogens with zero attached hydrogens (tertiary/aromatic N) is 2. The predicted molar refractivity (Wildman–Crippen MR) is 106 cm³/mol. The van der Waals surface area contributed by atoms with Gasteiger partial charge in [-0.25, -0.2) is 13.8 Å². The van der Waals surface area contributed by atoms with E-state index in [1.54, 1.807) is 7.05 Å². The average Bonchev–Trinajstić information content (AvgIpc) is 3.04.